The van der Waals surface area contributed by atoms with Crippen LogP contribution >= 0.6 is 0 Å². The van der Waals surface area contributed by atoms with Gasteiger partial charge in [-0.05, 0) is 36.4 Å². The molecule has 0 aromatic heterocycles. The molecule has 2 aromatic rings. The van der Waals surface area contributed by atoms with Crippen LogP contribution in [-0.4, -0.2) is 31.0 Å². The molecule has 0 bridgehead atoms. The van der Waals surface area contributed by atoms with E-state index >= 15 is 0 Å². The lowest BCUT2D eigenvalue weighted by atomic mass is 10.2. The molecule has 0 radical (unpaired) electrons. The fourth-order valence-electron chi connectivity index (χ4n) is 2.82. The first-order valence-electron chi connectivity index (χ1n) is 8.28. The molecule has 1 fully saturated rings. The molecule has 2 aromatic carbocycles. The zero-order valence-corrected chi connectivity index (χ0v) is 14.2. The maximum Gasteiger partial charge on any atom is 0.416 e. The van der Waals surface area contributed by atoms with Gasteiger partial charge in [-0.1, -0.05) is 18.2 Å². The number of carbonyl (C=O) groups excluding carboxylic acids is 2. The molecule has 1 saturated heterocycles. The number of hydrogen-bond acceptors (Lipinski definition) is 3. The Morgan fingerprint density at radius 1 is 1.11 bits per heavy atom. The van der Waals surface area contributed by atoms with E-state index in [1.165, 1.54) is 0 Å². The van der Waals surface area contributed by atoms with Crippen molar-refractivity contribution in [1.29, 1.82) is 0 Å². The highest BCUT2D eigenvalue weighted by atomic mass is 19.4. The van der Waals surface area contributed by atoms with Crippen LogP contribution in [0.25, 0.3) is 0 Å². The molecule has 5 nitrogen and oxygen atoms in total. The molecule has 0 aliphatic carbocycles. The lowest BCUT2D eigenvalue weighted by Gasteiger charge is -2.17. The van der Waals surface area contributed by atoms with Crippen LogP contribution < -0.4 is 15.0 Å². The average Bonchev–Trinajstić information content (AvgIpc) is 3.00. The van der Waals surface area contributed by atoms with E-state index in [0.717, 1.165) is 30.0 Å². The standard InChI is InChI=1S/C19H17F3N2O3/c20-19(21,22)13-6-8-16(9-7-13)27-12-17(25)23-14-10-18(26)24(11-14)15-4-2-1-3-5-15/h1-9,14H,10-12H2,(H,23,25)/t14-/m1/s1. The summed E-state index contributed by atoms with van der Waals surface area (Å²) in [6, 6.07) is 12.9. The van der Waals surface area contributed by atoms with Crippen LogP contribution in [0.5, 0.6) is 5.75 Å². The monoisotopic (exact) mass is 378 g/mol. The van der Waals surface area contributed by atoms with E-state index in [0.29, 0.717) is 6.54 Å². The van der Waals surface area contributed by atoms with Gasteiger partial charge in [-0.2, -0.15) is 13.2 Å². The minimum atomic E-state index is -4.42. The summed E-state index contributed by atoms with van der Waals surface area (Å²) in [6.07, 6.45) is -4.24. The Morgan fingerprint density at radius 3 is 2.41 bits per heavy atom. The van der Waals surface area contributed by atoms with E-state index in [1.54, 1.807) is 4.90 Å². The van der Waals surface area contributed by atoms with Gasteiger partial charge in [-0.15, -0.1) is 0 Å². The Hall–Kier alpha value is -3.03. The van der Waals surface area contributed by atoms with Crippen molar-refractivity contribution in [2.24, 2.45) is 0 Å². The number of rotatable bonds is 5. The fraction of sp³-hybridized carbons (Fsp3) is 0.263. The number of carbonyl (C=O) groups is 2. The minimum Gasteiger partial charge on any atom is -0.484 e. The molecular weight excluding hydrogens is 361 g/mol. The van der Waals surface area contributed by atoms with Gasteiger partial charge in [0.15, 0.2) is 6.61 Å². The van der Waals surface area contributed by atoms with Crippen LogP contribution in [0.2, 0.25) is 0 Å². The Morgan fingerprint density at radius 2 is 1.78 bits per heavy atom. The van der Waals surface area contributed by atoms with E-state index in [9.17, 15) is 22.8 Å². The highest BCUT2D eigenvalue weighted by Crippen LogP contribution is 2.30. The summed E-state index contributed by atoms with van der Waals surface area (Å²) < 4.78 is 42.7. The van der Waals surface area contributed by atoms with Crippen molar-refractivity contribution in [1.82, 2.24) is 5.32 Å². The summed E-state index contributed by atoms with van der Waals surface area (Å²) in [4.78, 5) is 25.7. The SMILES string of the molecule is O=C(COc1ccc(C(F)(F)F)cc1)N[C@@H]1CC(=O)N(c2ccccc2)C1. The lowest BCUT2D eigenvalue weighted by Crippen LogP contribution is -2.39. The smallest absolute Gasteiger partial charge is 0.416 e. The number of nitrogens with one attached hydrogen (secondary N) is 1. The Balaban J connectivity index is 1.49. The maximum atomic E-state index is 12.5. The molecule has 1 atom stereocenters. The van der Waals surface area contributed by atoms with Gasteiger partial charge >= 0.3 is 6.18 Å². The Labute approximate surface area is 153 Å². The molecule has 27 heavy (non-hydrogen) atoms. The third kappa shape index (κ3) is 4.78. The zero-order valence-electron chi connectivity index (χ0n) is 14.2. The first kappa shape index (κ1) is 18.8. The van der Waals surface area contributed by atoms with Gasteiger partial charge in [0.1, 0.15) is 5.75 Å². The average molecular weight is 378 g/mol. The number of hydrogen-bond donors (Lipinski definition) is 1. The first-order chi connectivity index (χ1) is 12.8. The summed E-state index contributed by atoms with van der Waals surface area (Å²) in [5.74, 6) is -0.371. The van der Waals surface area contributed by atoms with Crippen molar-refractivity contribution in [3.8, 4) is 5.75 Å². The molecule has 1 aliphatic rings. The van der Waals surface area contributed by atoms with Gasteiger partial charge in [0.05, 0.1) is 11.6 Å². The van der Waals surface area contributed by atoms with Gasteiger partial charge < -0.3 is 15.0 Å². The normalized spacial score (nSPS) is 17.1. The van der Waals surface area contributed by atoms with Crippen LogP contribution in [0.3, 0.4) is 0 Å². The molecule has 1 aliphatic heterocycles. The van der Waals surface area contributed by atoms with E-state index in [4.69, 9.17) is 4.74 Å². The molecule has 0 spiro atoms. The summed E-state index contributed by atoms with van der Waals surface area (Å²) in [6.45, 7) is 0.0102. The molecule has 8 heteroatoms. The van der Waals surface area contributed by atoms with Crippen LogP contribution in [-0.2, 0) is 15.8 Å². The van der Waals surface area contributed by atoms with E-state index in [-0.39, 0.29) is 30.7 Å². The van der Waals surface area contributed by atoms with Crippen molar-refractivity contribution in [2.75, 3.05) is 18.1 Å². The predicted molar refractivity (Wildman–Crippen MR) is 92.3 cm³/mol. The van der Waals surface area contributed by atoms with Gasteiger partial charge in [-0.3, -0.25) is 9.59 Å². The second-order valence-electron chi connectivity index (χ2n) is 6.12. The van der Waals surface area contributed by atoms with E-state index in [1.807, 2.05) is 30.3 Å². The van der Waals surface area contributed by atoms with Crippen molar-refractivity contribution in [3.63, 3.8) is 0 Å². The number of ether oxygens (including phenoxy) is 1. The van der Waals surface area contributed by atoms with E-state index in [2.05, 4.69) is 5.32 Å². The molecule has 1 N–H and O–H groups in total. The first-order valence-corrected chi connectivity index (χ1v) is 8.28. The van der Waals surface area contributed by atoms with Crippen LogP contribution in [0.15, 0.2) is 54.6 Å². The number of para-hydroxylation sites is 1. The quantitative estimate of drug-likeness (QED) is 0.870. The molecule has 2 amide bonds. The Bertz CT molecular complexity index is 807. The highest BCUT2D eigenvalue weighted by molar-refractivity contribution is 5.96. The highest BCUT2D eigenvalue weighted by Gasteiger charge is 2.32. The Kier molecular flexibility index (Phi) is 5.34. The van der Waals surface area contributed by atoms with Crippen LogP contribution in [0.1, 0.15) is 12.0 Å². The number of anilines is 1. The summed E-state index contributed by atoms with van der Waals surface area (Å²) in [5, 5.41) is 2.71. The van der Waals surface area contributed by atoms with E-state index < -0.39 is 17.6 Å². The topological polar surface area (TPSA) is 58.6 Å². The summed E-state index contributed by atoms with van der Waals surface area (Å²) in [5.41, 5.74) is -0.0231. The molecule has 142 valence electrons. The van der Waals surface area contributed by atoms with Gasteiger partial charge in [0.25, 0.3) is 5.91 Å². The molecular formula is C19H17F3N2O3. The number of nitrogens with zero attached hydrogens (tertiary/aromatic N) is 1. The third-order valence-corrected chi connectivity index (χ3v) is 4.11. The fourth-order valence-corrected chi connectivity index (χ4v) is 2.82. The van der Waals surface area contributed by atoms with Crippen molar-refractivity contribution in [3.05, 3.63) is 60.2 Å². The van der Waals surface area contributed by atoms with Crippen molar-refractivity contribution < 1.29 is 27.5 Å². The number of amides is 2. The molecule has 3 rings (SSSR count). The molecule has 0 saturated carbocycles. The maximum absolute atomic E-state index is 12.5. The second kappa shape index (κ2) is 7.69. The number of halogens is 3. The number of alkyl halides is 3. The summed E-state index contributed by atoms with van der Waals surface area (Å²) >= 11 is 0. The number of benzene rings is 2. The van der Waals surface area contributed by atoms with Gasteiger partial charge in [0.2, 0.25) is 5.91 Å². The minimum absolute atomic E-state index is 0.0878. The zero-order chi connectivity index (χ0) is 19.4. The summed E-state index contributed by atoms with van der Waals surface area (Å²) in [7, 11) is 0. The predicted octanol–water partition coefficient (Wildman–Crippen LogP) is 3.01. The lowest BCUT2D eigenvalue weighted by molar-refractivity contribution is -0.137. The molecule has 0 unspecified atom stereocenters. The van der Waals surface area contributed by atoms with Crippen molar-refractivity contribution in [2.45, 2.75) is 18.6 Å². The van der Waals surface area contributed by atoms with Crippen LogP contribution in [0.4, 0.5) is 18.9 Å². The molecule has 1 heterocycles. The largest absolute Gasteiger partial charge is 0.484 e. The van der Waals surface area contributed by atoms with Crippen LogP contribution in [0, 0.1) is 0 Å². The van der Waals surface area contributed by atoms with Gasteiger partial charge in [-0.25, -0.2) is 0 Å². The van der Waals surface area contributed by atoms with Crippen molar-refractivity contribution >= 4 is 17.5 Å². The van der Waals surface area contributed by atoms with Gasteiger partial charge in [0, 0.05) is 18.7 Å². The third-order valence-electron chi connectivity index (χ3n) is 4.11. The second-order valence-corrected chi connectivity index (χ2v) is 6.12.